The standard InChI is InChI=1S/C14H11Br2FO2/c1-8(18)9-2-5-13(12(16)6-9)19-14-7-10(17)3-4-11(14)15/h2-8,18H,1H3. The lowest BCUT2D eigenvalue weighted by Gasteiger charge is -2.12. The van der Waals surface area contributed by atoms with Gasteiger partial charge in [-0.2, -0.15) is 0 Å². The highest BCUT2D eigenvalue weighted by atomic mass is 79.9. The smallest absolute Gasteiger partial charge is 0.144 e. The SMILES string of the molecule is CC(O)c1ccc(Oc2cc(F)ccc2Br)c(Br)c1. The Kier molecular flexibility index (Phi) is 4.60. The zero-order chi connectivity index (χ0) is 14.0. The molecular weight excluding hydrogens is 379 g/mol. The van der Waals surface area contributed by atoms with Crippen molar-refractivity contribution in [1.82, 2.24) is 0 Å². The van der Waals surface area contributed by atoms with E-state index in [9.17, 15) is 9.50 Å². The summed E-state index contributed by atoms with van der Waals surface area (Å²) in [7, 11) is 0. The summed E-state index contributed by atoms with van der Waals surface area (Å²) in [5, 5.41) is 9.49. The van der Waals surface area contributed by atoms with E-state index in [-0.39, 0.29) is 5.82 Å². The molecule has 0 saturated heterocycles. The van der Waals surface area contributed by atoms with Crippen molar-refractivity contribution in [1.29, 1.82) is 0 Å². The average molecular weight is 390 g/mol. The Morgan fingerprint density at radius 3 is 2.42 bits per heavy atom. The normalized spacial score (nSPS) is 12.3. The molecule has 2 aromatic carbocycles. The number of benzene rings is 2. The second-order valence-corrected chi connectivity index (χ2v) is 5.75. The second kappa shape index (κ2) is 6.03. The molecule has 0 aromatic heterocycles. The number of rotatable bonds is 3. The van der Waals surface area contributed by atoms with Crippen LogP contribution in [0.25, 0.3) is 0 Å². The van der Waals surface area contributed by atoms with Gasteiger partial charge in [0.1, 0.15) is 17.3 Å². The lowest BCUT2D eigenvalue weighted by atomic mass is 10.1. The molecule has 0 saturated carbocycles. The molecule has 1 atom stereocenters. The third kappa shape index (κ3) is 3.55. The van der Waals surface area contributed by atoms with Crippen LogP contribution in [0.15, 0.2) is 45.3 Å². The van der Waals surface area contributed by atoms with Crippen LogP contribution in [0.3, 0.4) is 0 Å². The van der Waals surface area contributed by atoms with Gasteiger partial charge in [-0.1, -0.05) is 6.07 Å². The van der Waals surface area contributed by atoms with Crippen LogP contribution < -0.4 is 4.74 Å². The van der Waals surface area contributed by atoms with E-state index < -0.39 is 6.10 Å². The van der Waals surface area contributed by atoms with Crippen molar-refractivity contribution >= 4 is 31.9 Å². The van der Waals surface area contributed by atoms with Gasteiger partial charge in [-0.15, -0.1) is 0 Å². The summed E-state index contributed by atoms with van der Waals surface area (Å²) in [4.78, 5) is 0. The summed E-state index contributed by atoms with van der Waals surface area (Å²) in [6.45, 7) is 1.69. The molecule has 0 radical (unpaired) electrons. The molecule has 1 N–H and O–H groups in total. The van der Waals surface area contributed by atoms with Crippen molar-refractivity contribution in [2.45, 2.75) is 13.0 Å². The van der Waals surface area contributed by atoms with Gasteiger partial charge in [0, 0.05) is 6.07 Å². The maximum Gasteiger partial charge on any atom is 0.144 e. The van der Waals surface area contributed by atoms with Crippen molar-refractivity contribution < 1.29 is 14.2 Å². The molecular formula is C14H11Br2FO2. The Balaban J connectivity index is 2.31. The molecule has 2 nitrogen and oxygen atoms in total. The van der Waals surface area contributed by atoms with Crippen LogP contribution in [0.4, 0.5) is 4.39 Å². The quantitative estimate of drug-likeness (QED) is 0.781. The van der Waals surface area contributed by atoms with Crippen molar-refractivity contribution in [2.24, 2.45) is 0 Å². The average Bonchev–Trinajstić information content (AvgIpc) is 2.36. The van der Waals surface area contributed by atoms with Gasteiger partial charge in [-0.3, -0.25) is 0 Å². The number of hydrogen-bond acceptors (Lipinski definition) is 2. The maximum atomic E-state index is 13.2. The summed E-state index contributed by atoms with van der Waals surface area (Å²) in [5.41, 5.74) is 0.775. The van der Waals surface area contributed by atoms with E-state index in [1.165, 1.54) is 12.1 Å². The minimum Gasteiger partial charge on any atom is -0.455 e. The molecule has 0 amide bonds. The minimum absolute atomic E-state index is 0.366. The van der Waals surface area contributed by atoms with Crippen molar-refractivity contribution in [3.63, 3.8) is 0 Å². The first kappa shape index (κ1) is 14.5. The van der Waals surface area contributed by atoms with Crippen LogP contribution in [0.2, 0.25) is 0 Å². The van der Waals surface area contributed by atoms with Crippen molar-refractivity contribution in [3.8, 4) is 11.5 Å². The first-order chi connectivity index (χ1) is 8.97. The summed E-state index contributed by atoms with van der Waals surface area (Å²) >= 11 is 6.67. The van der Waals surface area contributed by atoms with Crippen LogP contribution in [-0.4, -0.2) is 5.11 Å². The molecule has 0 aliphatic rings. The Morgan fingerprint density at radius 1 is 1.05 bits per heavy atom. The first-order valence-electron chi connectivity index (χ1n) is 5.58. The zero-order valence-electron chi connectivity index (χ0n) is 10.0. The molecule has 0 spiro atoms. The van der Waals surface area contributed by atoms with Crippen LogP contribution in [0.1, 0.15) is 18.6 Å². The summed E-state index contributed by atoms with van der Waals surface area (Å²) in [5.74, 6) is 0.580. The van der Waals surface area contributed by atoms with E-state index in [1.807, 2.05) is 0 Å². The highest BCUT2D eigenvalue weighted by molar-refractivity contribution is 9.11. The molecule has 0 heterocycles. The second-order valence-electron chi connectivity index (χ2n) is 4.04. The predicted molar refractivity (Wildman–Crippen MR) is 78.9 cm³/mol. The highest BCUT2D eigenvalue weighted by Gasteiger charge is 2.09. The van der Waals surface area contributed by atoms with E-state index in [1.54, 1.807) is 31.2 Å². The Bertz CT molecular complexity index is 600. The number of aliphatic hydroxyl groups excluding tert-OH is 1. The molecule has 0 aliphatic carbocycles. The third-order valence-electron chi connectivity index (χ3n) is 2.55. The van der Waals surface area contributed by atoms with Gasteiger partial charge in [0.15, 0.2) is 0 Å². The monoisotopic (exact) mass is 388 g/mol. The lowest BCUT2D eigenvalue weighted by Crippen LogP contribution is -1.93. The molecule has 2 rings (SSSR count). The van der Waals surface area contributed by atoms with Gasteiger partial charge >= 0.3 is 0 Å². The van der Waals surface area contributed by atoms with Gasteiger partial charge in [-0.05, 0) is 68.6 Å². The number of halogens is 3. The summed E-state index contributed by atoms with van der Waals surface area (Å²) < 4.78 is 20.2. The fraction of sp³-hybridized carbons (Fsp3) is 0.143. The minimum atomic E-state index is -0.550. The largest absolute Gasteiger partial charge is 0.455 e. The van der Waals surface area contributed by atoms with Crippen LogP contribution in [-0.2, 0) is 0 Å². The van der Waals surface area contributed by atoms with Crippen molar-refractivity contribution in [2.75, 3.05) is 0 Å². The number of hydrogen-bond donors (Lipinski definition) is 1. The van der Waals surface area contributed by atoms with Gasteiger partial charge in [0.2, 0.25) is 0 Å². The van der Waals surface area contributed by atoms with Crippen LogP contribution >= 0.6 is 31.9 Å². The number of ether oxygens (including phenoxy) is 1. The van der Waals surface area contributed by atoms with Crippen LogP contribution in [0, 0.1) is 5.82 Å². The van der Waals surface area contributed by atoms with E-state index in [2.05, 4.69) is 31.9 Å². The van der Waals surface area contributed by atoms with Gasteiger partial charge < -0.3 is 9.84 Å². The Labute approximate surface area is 127 Å². The van der Waals surface area contributed by atoms with Crippen molar-refractivity contribution in [3.05, 3.63) is 56.7 Å². The molecule has 0 bridgehead atoms. The molecule has 2 aromatic rings. The molecule has 19 heavy (non-hydrogen) atoms. The van der Waals surface area contributed by atoms with E-state index in [0.29, 0.717) is 20.4 Å². The maximum absolute atomic E-state index is 13.2. The Morgan fingerprint density at radius 2 is 1.79 bits per heavy atom. The fourth-order valence-electron chi connectivity index (χ4n) is 1.53. The highest BCUT2D eigenvalue weighted by Crippen LogP contribution is 2.35. The summed E-state index contributed by atoms with van der Waals surface area (Å²) in [6, 6.07) is 9.50. The molecule has 100 valence electrons. The fourth-order valence-corrected chi connectivity index (χ4v) is 2.34. The van der Waals surface area contributed by atoms with E-state index in [0.717, 1.165) is 5.56 Å². The van der Waals surface area contributed by atoms with Gasteiger partial charge in [0.05, 0.1) is 15.0 Å². The first-order valence-corrected chi connectivity index (χ1v) is 7.16. The molecule has 5 heteroatoms. The van der Waals surface area contributed by atoms with E-state index >= 15 is 0 Å². The third-order valence-corrected chi connectivity index (χ3v) is 3.83. The lowest BCUT2D eigenvalue weighted by molar-refractivity contribution is 0.199. The summed E-state index contributed by atoms with van der Waals surface area (Å²) in [6.07, 6.45) is -0.550. The molecule has 0 fully saturated rings. The van der Waals surface area contributed by atoms with E-state index in [4.69, 9.17) is 4.74 Å². The topological polar surface area (TPSA) is 29.5 Å². The van der Waals surface area contributed by atoms with Gasteiger partial charge in [0.25, 0.3) is 0 Å². The number of aliphatic hydroxyl groups is 1. The van der Waals surface area contributed by atoms with Crippen LogP contribution in [0.5, 0.6) is 11.5 Å². The zero-order valence-corrected chi connectivity index (χ0v) is 13.2. The predicted octanol–water partition coefficient (Wildman–Crippen LogP) is 5.20. The van der Waals surface area contributed by atoms with Gasteiger partial charge in [-0.25, -0.2) is 4.39 Å². The molecule has 1 unspecified atom stereocenters. The molecule has 0 aliphatic heterocycles. The Hall–Kier alpha value is -0.910.